The van der Waals surface area contributed by atoms with Gasteiger partial charge in [0.05, 0.1) is 22.9 Å². The van der Waals surface area contributed by atoms with Crippen molar-refractivity contribution in [2.45, 2.75) is 52.6 Å². The van der Waals surface area contributed by atoms with Crippen LogP contribution in [0.15, 0.2) is 36.4 Å². The van der Waals surface area contributed by atoms with E-state index >= 15 is 0 Å². The minimum atomic E-state index is -1.50. The van der Waals surface area contributed by atoms with E-state index in [2.05, 4.69) is 10.1 Å². The third-order valence-electron chi connectivity index (χ3n) is 7.07. The molecule has 36 heavy (non-hydrogen) atoms. The number of carbonyl (C=O) groups excluding carboxylic acids is 1. The van der Waals surface area contributed by atoms with E-state index < -0.39 is 17.5 Å². The Bertz CT molecular complexity index is 1500. The number of hydrogen-bond donors (Lipinski definition) is 0. The second kappa shape index (κ2) is 8.76. The molecule has 2 aromatic heterocycles. The lowest BCUT2D eigenvalue weighted by molar-refractivity contribution is 0.0545. The average molecular weight is 493 g/mol. The van der Waals surface area contributed by atoms with Crippen molar-refractivity contribution in [3.8, 4) is 11.3 Å². The van der Waals surface area contributed by atoms with E-state index in [1.807, 2.05) is 56.9 Å². The molecule has 0 bridgehead atoms. The minimum Gasteiger partial charge on any atom is -0.327 e. The van der Waals surface area contributed by atoms with Gasteiger partial charge in [0.15, 0.2) is 17.5 Å². The number of pyridine rings is 1. The zero-order chi connectivity index (χ0) is 25.9. The van der Waals surface area contributed by atoms with Gasteiger partial charge in [-0.25, -0.2) is 13.2 Å². The average Bonchev–Trinajstić information content (AvgIpc) is 3.15. The highest BCUT2D eigenvalue weighted by molar-refractivity contribution is 5.99. The zero-order valence-corrected chi connectivity index (χ0v) is 20.9. The Kier molecular flexibility index (Phi) is 5.85. The number of aryl methyl sites for hydroxylation is 3. The van der Waals surface area contributed by atoms with E-state index in [-0.39, 0.29) is 23.6 Å². The molecule has 186 valence electrons. The number of fused-ring (bicyclic) bond motifs is 2. The standard InChI is InChI=1S/C28H27F3N4O/c1-6-24-26-20(27(34(5)33-26)18-11-21(29)25(31)22(30)12-18)10-16(4)35(24)28(36)17-7-8-19-14(2)9-15(3)32-23(19)13-17/h7-9,11-13,16,24H,6,10H2,1-5H3. The first-order valence-corrected chi connectivity index (χ1v) is 12.0. The maximum atomic E-state index is 14.0. The SMILES string of the molecule is CCC1c2nn(C)c(-c3cc(F)c(F)c(F)c3)c2CC(C)N1C(=O)c1ccc2c(C)cc(C)nc2c1. The van der Waals surface area contributed by atoms with Crippen LogP contribution >= 0.6 is 0 Å². The van der Waals surface area contributed by atoms with Crippen LogP contribution in [-0.4, -0.2) is 31.6 Å². The first-order chi connectivity index (χ1) is 17.1. The molecule has 0 fully saturated rings. The maximum Gasteiger partial charge on any atom is 0.254 e. The van der Waals surface area contributed by atoms with Gasteiger partial charge in [-0.2, -0.15) is 5.10 Å². The van der Waals surface area contributed by atoms with Gasteiger partial charge in [0.1, 0.15) is 0 Å². The Hall–Kier alpha value is -3.68. The summed E-state index contributed by atoms with van der Waals surface area (Å²) in [6.07, 6.45) is 1.06. The van der Waals surface area contributed by atoms with Crippen LogP contribution in [0.2, 0.25) is 0 Å². The monoisotopic (exact) mass is 492 g/mol. The Morgan fingerprint density at radius 3 is 2.44 bits per heavy atom. The summed E-state index contributed by atoms with van der Waals surface area (Å²) >= 11 is 0. The highest BCUT2D eigenvalue weighted by Gasteiger charge is 2.39. The molecule has 0 saturated heterocycles. The van der Waals surface area contributed by atoms with Crippen molar-refractivity contribution in [2.24, 2.45) is 7.05 Å². The lowest BCUT2D eigenvalue weighted by atomic mass is 9.89. The summed E-state index contributed by atoms with van der Waals surface area (Å²) in [7, 11) is 1.69. The van der Waals surface area contributed by atoms with Crippen molar-refractivity contribution in [3.63, 3.8) is 0 Å². The Morgan fingerprint density at radius 1 is 1.08 bits per heavy atom. The largest absolute Gasteiger partial charge is 0.327 e. The Balaban J connectivity index is 1.58. The summed E-state index contributed by atoms with van der Waals surface area (Å²) in [4.78, 5) is 20.3. The maximum absolute atomic E-state index is 14.0. The molecule has 1 aliphatic rings. The van der Waals surface area contributed by atoms with Gasteiger partial charge in [-0.3, -0.25) is 14.5 Å². The van der Waals surface area contributed by atoms with E-state index in [0.717, 1.165) is 39.9 Å². The number of rotatable bonds is 3. The van der Waals surface area contributed by atoms with Gasteiger partial charge < -0.3 is 4.90 Å². The number of benzene rings is 2. The molecule has 3 heterocycles. The second-order valence-corrected chi connectivity index (χ2v) is 9.59. The van der Waals surface area contributed by atoms with Crippen LogP contribution in [0.4, 0.5) is 13.2 Å². The summed E-state index contributed by atoms with van der Waals surface area (Å²) < 4.78 is 43.2. The molecule has 0 radical (unpaired) electrons. The van der Waals surface area contributed by atoms with Gasteiger partial charge in [0, 0.05) is 40.9 Å². The second-order valence-electron chi connectivity index (χ2n) is 9.59. The number of amides is 1. The highest BCUT2D eigenvalue weighted by Crippen LogP contribution is 2.40. The molecule has 5 rings (SSSR count). The van der Waals surface area contributed by atoms with Crippen molar-refractivity contribution >= 4 is 16.8 Å². The van der Waals surface area contributed by atoms with Crippen LogP contribution in [-0.2, 0) is 13.5 Å². The van der Waals surface area contributed by atoms with Crippen LogP contribution in [0.3, 0.4) is 0 Å². The number of hydrogen-bond acceptors (Lipinski definition) is 3. The summed E-state index contributed by atoms with van der Waals surface area (Å²) in [6, 6.07) is 9.07. The summed E-state index contributed by atoms with van der Waals surface area (Å²) in [6.45, 7) is 7.89. The number of halogens is 3. The van der Waals surface area contributed by atoms with Crippen LogP contribution in [0.25, 0.3) is 22.2 Å². The molecule has 2 atom stereocenters. The van der Waals surface area contributed by atoms with Crippen molar-refractivity contribution in [1.29, 1.82) is 0 Å². The molecule has 0 saturated carbocycles. The van der Waals surface area contributed by atoms with Crippen molar-refractivity contribution in [2.75, 3.05) is 0 Å². The first-order valence-electron chi connectivity index (χ1n) is 12.0. The summed E-state index contributed by atoms with van der Waals surface area (Å²) in [5.41, 5.74) is 5.58. The predicted octanol–water partition coefficient (Wildman–Crippen LogP) is 6.21. The minimum absolute atomic E-state index is 0.117. The van der Waals surface area contributed by atoms with Gasteiger partial charge in [0.2, 0.25) is 0 Å². The number of aromatic nitrogens is 3. The molecule has 0 spiro atoms. The van der Waals surface area contributed by atoms with Gasteiger partial charge in [0.25, 0.3) is 5.91 Å². The van der Waals surface area contributed by atoms with Crippen LogP contribution in [0.5, 0.6) is 0 Å². The third kappa shape index (κ3) is 3.75. The van der Waals surface area contributed by atoms with Crippen molar-refractivity contribution < 1.29 is 18.0 Å². The molecular formula is C28H27F3N4O. The van der Waals surface area contributed by atoms with E-state index in [1.54, 1.807) is 11.7 Å². The normalized spacial score (nSPS) is 17.5. The quantitative estimate of drug-likeness (QED) is 0.320. The van der Waals surface area contributed by atoms with Crippen molar-refractivity contribution in [1.82, 2.24) is 19.7 Å². The van der Waals surface area contributed by atoms with Gasteiger partial charge in [-0.15, -0.1) is 0 Å². The van der Waals surface area contributed by atoms with Crippen LogP contribution in [0, 0.1) is 31.3 Å². The van der Waals surface area contributed by atoms with E-state index in [4.69, 9.17) is 0 Å². The smallest absolute Gasteiger partial charge is 0.254 e. The third-order valence-corrected chi connectivity index (χ3v) is 7.07. The van der Waals surface area contributed by atoms with Gasteiger partial charge in [-0.1, -0.05) is 13.0 Å². The lowest BCUT2D eigenvalue weighted by Crippen LogP contribution is -2.45. The topological polar surface area (TPSA) is 51.0 Å². The molecule has 4 aromatic rings. The molecule has 0 N–H and O–H groups in total. The summed E-state index contributed by atoms with van der Waals surface area (Å²) in [5.74, 6) is -4.11. The molecule has 1 amide bonds. The molecule has 1 aliphatic heterocycles. The number of carbonyl (C=O) groups is 1. The van der Waals surface area contributed by atoms with Crippen molar-refractivity contribution in [3.05, 3.63) is 81.9 Å². The van der Waals surface area contributed by atoms with Gasteiger partial charge >= 0.3 is 0 Å². The molecule has 0 aliphatic carbocycles. The lowest BCUT2D eigenvalue weighted by Gasteiger charge is -2.40. The van der Waals surface area contributed by atoms with Crippen LogP contribution in [0.1, 0.15) is 59.2 Å². The molecule has 2 unspecified atom stereocenters. The van der Waals surface area contributed by atoms with E-state index in [1.165, 1.54) is 0 Å². The highest BCUT2D eigenvalue weighted by atomic mass is 19.2. The Morgan fingerprint density at radius 2 is 1.78 bits per heavy atom. The molecular weight excluding hydrogens is 465 g/mol. The first kappa shape index (κ1) is 24.0. The summed E-state index contributed by atoms with van der Waals surface area (Å²) in [5, 5.41) is 5.67. The predicted molar refractivity (Wildman–Crippen MR) is 132 cm³/mol. The Labute approximate surface area is 207 Å². The fourth-order valence-corrected chi connectivity index (χ4v) is 5.53. The fraction of sp³-hybridized carbons (Fsp3) is 0.321. The van der Waals surface area contributed by atoms with E-state index in [0.29, 0.717) is 29.8 Å². The molecule has 8 heteroatoms. The fourth-order valence-electron chi connectivity index (χ4n) is 5.53. The molecule has 5 nitrogen and oxygen atoms in total. The van der Waals surface area contributed by atoms with E-state index in [9.17, 15) is 18.0 Å². The zero-order valence-electron chi connectivity index (χ0n) is 20.9. The molecule has 2 aromatic carbocycles. The van der Waals surface area contributed by atoms with Gasteiger partial charge in [-0.05, 0) is 69.5 Å². The van der Waals surface area contributed by atoms with Crippen LogP contribution < -0.4 is 0 Å². The number of nitrogens with zero attached hydrogens (tertiary/aromatic N) is 4.